The number of rotatable bonds is 3. The first-order chi connectivity index (χ1) is 8.92. The molecule has 1 heterocycles. The highest BCUT2D eigenvalue weighted by atomic mass is 79.9. The summed E-state index contributed by atoms with van der Waals surface area (Å²) in [4.78, 5) is 22.2. The lowest BCUT2D eigenvalue weighted by molar-refractivity contribution is -0.385. The normalized spacial score (nSPS) is 22.2. The second-order valence-electron chi connectivity index (χ2n) is 4.34. The van der Waals surface area contributed by atoms with Crippen LogP contribution in [0.5, 0.6) is 0 Å². The molecule has 1 aromatic rings. The standard InChI is InChI=1S/C11H12BrN3O4/c12-8-5-7(1-2-9(8)15(17)18)14-10(16)11(13)3-4-19-6-11/h1-2,5H,3-4,6,13H2,(H,14,16). The largest absolute Gasteiger partial charge is 0.379 e. The quantitative estimate of drug-likeness (QED) is 0.644. The van der Waals surface area contributed by atoms with Crippen LogP contribution >= 0.6 is 15.9 Å². The SMILES string of the molecule is NC1(C(=O)Nc2ccc([N+](=O)[O-])c(Br)c2)CCOC1. The van der Waals surface area contributed by atoms with Crippen molar-refractivity contribution in [2.45, 2.75) is 12.0 Å². The van der Waals surface area contributed by atoms with E-state index in [1.165, 1.54) is 18.2 Å². The van der Waals surface area contributed by atoms with Crippen LogP contribution in [0.15, 0.2) is 22.7 Å². The zero-order chi connectivity index (χ0) is 14.0. The molecule has 8 heteroatoms. The topological polar surface area (TPSA) is 107 Å². The predicted molar refractivity (Wildman–Crippen MR) is 71.8 cm³/mol. The van der Waals surface area contributed by atoms with Crippen molar-refractivity contribution in [1.29, 1.82) is 0 Å². The number of amides is 1. The zero-order valence-corrected chi connectivity index (χ0v) is 11.5. The molecule has 1 aliphatic heterocycles. The molecule has 1 saturated heterocycles. The van der Waals surface area contributed by atoms with Crippen LogP contribution < -0.4 is 11.1 Å². The van der Waals surface area contributed by atoms with Gasteiger partial charge in [0.2, 0.25) is 5.91 Å². The minimum atomic E-state index is -1.03. The highest BCUT2D eigenvalue weighted by Crippen LogP contribution is 2.28. The molecule has 1 atom stereocenters. The summed E-state index contributed by atoms with van der Waals surface area (Å²) in [7, 11) is 0. The van der Waals surface area contributed by atoms with Crippen LogP contribution in [0.1, 0.15) is 6.42 Å². The summed E-state index contributed by atoms with van der Waals surface area (Å²) in [5.41, 5.74) is 5.25. The van der Waals surface area contributed by atoms with Crippen molar-refractivity contribution in [1.82, 2.24) is 0 Å². The van der Waals surface area contributed by atoms with Crippen LogP contribution in [-0.4, -0.2) is 29.6 Å². The number of carbonyl (C=O) groups excluding carboxylic acids is 1. The Kier molecular flexibility index (Phi) is 3.83. The van der Waals surface area contributed by atoms with Crippen LogP contribution in [-0.2, 0) is 9.53 Å². The van der Waals surface area contributed by atoms with Gasteiger partial charge in [-0.15, -0.1) is 0 Å². The monoisotopic (exact) mass is 329 g/mol. The van der Waals surface area contributed by atoms with Crippen molar-refractivity contribution in [3.05, 3.63) is 32.8 Å². The third kappa shape index (κ3) is 2.91. The number of hydrogen-bond acceptors (Lipinski definition) is 5. The lowest BCUT2D eigenvalue weighted by Crippen LogP contribution is -2.51. The molecule has 102 valence electrons. The third-order valence-corrected chi connectivity index (χ3v) is 3.54. The van der Waals surface area contributed by atoms with E-state index < -0.39 is 10.5 Å². The van der Waals surface area contributed by atoms with Crippen LogP contribution in [0.25, 0.3) is 0 Å². The lowest BCUT2D eigenvalue weighted by Gasteiger charge is -2.20. The van der Waals surface area contributed by atoms with Gasteiger partial charge in [-0.05, 0) is 34.5 Å². The molecule has 1 fully saturated rings. The van der Waals surface area contributed by atoms with E-state index in [1.54, 1.807) is 0 Å². The first kappa shape index (κ1) is 13.9. The molecular weight excluding hydrogens is 318 g/mol. The minimum absolute atomic E-state index is 0.0651. The van der Waals surface area contributed by atoms with Crippen LogP contribution in [0.4, 0.5) is 11.4 Å². The van der Waals surface area contributed by atoms with Crippen LogP contribution in [0.3, 0.4) is 0 Å². The minimum Gasteiger partial charge on any atom is -0.379 e. The third-order valence-electron chi connectivity index (χ3n) is 2.91. The number of nitrogens with two attached hydrogens (primary N) is 1. The van der Waals surface area contributed by atoms with Crippen LogP contribution in [0, 0.1) is 10.1 Å². The maximum Gasteiger partial charge on any atom is 0.283 e. The van der Waals surface area contributed by atoms with Crippen LogP contribution in [0.2, 0.25) is 0 Å². The number of benzene rings is 1. The van der Waals surface area contributed by atoms with Gasteiger partial charge in [-0.3, -0.25) is 14.9 Å². The van der Waals surface area contributed by atoms with Crippen molar-refractivity contribution < 1.29 is 14.5 Å². The summed E-state index contributed by atoms with van der Waals surface area (Å²) in [5, 5.41) is 13.3. The molecule has 1 aliphatic rings. The Morgan fingerprint density at radius 3 is 2.84 bits per heavy atom. The number of ether oxygens (including phenoxy) is 1. The van der Waals surface area contributed by atoms with E-state index in [0.717, 1.165) is 0 Å². The van der Waals surface area contributed by atoms with E-state index in [2.05, 4.69) is 21.2 Å². The van der Waals surface area contributed by atoms with E-state index in [4.69, 9.17) is 10.5 Å². The highest BCUT2D eigenvalue weighted by Gasteiger charge is 2.38. The summed E-state index contributed by atoms with van der Waals surface area (Å²) in [6, 6.07) is 4.24. The number of carbonyl (C=O) groups is 1. The molecule has 2 rings (SSSR count). The second kappa shape index (κ2) is 5.24. The van der Waals surface area contributed by atoms with Gasteiger partial charge in [-0.25, -0.2) is 0 Å². The van der Waals surface area contributed by atoms with Crippen molar-refractivity contribution in [3.63, 3.8) is 0 Å². The van der Waals surface area contributed by atoms with Gasteiger partial charge in [-0.2, -0.15) is 0 Å². The number of halogens is 1. The van der Waals surface area contributed by atoms with E-state index in [0.29, 0.717) is 23.2 Å². The van der Waals surface area contributed by atoms with Gasteiger partial charge in [0, 0.05) is 18.4 Å². The fraction of sp³-hybridized carbons (Fsp3) is 0.364. The Balaban J connectivity index is 2.13. The van der Waals surface area contributed by atoms with Gasteiger partial charge in [0.05, 0.1) is 16.0 Å². The Bertz CT molecular complexity index is 529. The molecule has 0 aromatic heterocycles. The number of nitrogens with one attached hydrogen (secondary N) is 1. The van der Waals surface area contributed by atoms with Gasteiger partial charge < -0.3 is 15.8 Å². The molecule has 3 N–H and O–H groups in total. The van der Waals surface area contributed by atoms with Gasteiger partial charge >= 0.3 is 0 Å². The first-order valence-electron chi connectivity index (χ1n) is 5.54. The summed E-state index contributed by atoms with van der Waals surface area (Å²) >= 11 is 3.09. The van der Waals surface area contributed by atoms with E-state index in [1.807, 2.05) is 0 Å². The van der Waals surface area contributed by atoms with Crippen molar-refractivity contribution >= 4 is 33.2 Å². The fourth-order valence-corrected chi connectivity index (χ4v) is 2.27. The van der Waals surface area contributed by atoms with E-state index in [-0.39, 0.29) is 18.2 Å². The molecule has 0 radical (unpaired) electrons. The molecule has 0 spiro atoms. The Hall–Kier alpha value is -1.51. The number of anilines is 1. The fourth-order valence-electron chi connectivity index (χ4n) is 1.75. The molecule has 7 nitrogen and oxygen atoms in total. The van der Waals surface area contributed by atoms with Gasteiger partial charge in [0.25, 0.3) is 5.69 Å². The maximum absolute atomic E-state index is 12.0. The number of nitro benzene ring substituents is 1. The molecular formula is C11H12BrN3O4. The molecule has 1 unspecified atom stereocenters. The van der Waals surface area contributed by atoms with Crippen molar-refractivity contribution in [2.75, 3.05) is 18.5 Å². The summed E-state index contributed by atoms with van der Waals surface area (Å²) in [5.74, 6) is -0.356. The first-order valence-corrected chi connectivity index (χ1v) is 6.34. The molecule has 1 amide bonds. The van der Waals surface area contributed by atoms with Crippen molar-refractivity contribution in [2.24, 2.45) is 5.73 Å². The van der Waals surface area contributed by atoms with Gasteiger partial charge in [0.15, 0.2) is 0 Å². The smallest absolute Gasteiger partial charge is 0.283 e. The second-order valence-corrected chi connectivity index (χ2v) is 5.19. The predicted octanol–water partition coefficient (Wildman–Crippen LogP) is 1.41. The maximum atomic E-state index is 12.0. The molecule has 0 aliphatic carbocycles. The Morgan fingerprint density at radius 2 is 2.32 bits per heavy atom. The molecule has 0 saturated carbocycles. The number of nitrogens with zero attached hydrogens (tertiary/aromatic N) is 1. The average molecular weight is 330 g/mol. The molecule has 1 aromatic carbocycles. The average Bonchev–Trinajstić information content (AvgIpc) is 2.77. The highest BCUT2D eigenvalue weighted by molar-refractivity contribution is 9.10. The zero-order valence-electron chi connectivity index (χ0n) is 9.89. The molecule has 0 bridgehead atoms. The Labute approximate surface area is 117 Å². The van der Waals surface area contributed by atoms with Crippen molar-refractivity contribution in [3.8, 4) is 0 Å². The number of hydrogen-bond donors (Lipinski definition) is 2. The summed E-state index contributed by atoms with van der Waals surface area (Å²) in [6.07, 6.45) is 0.451. The van der Waals surface area contributed by atoms with E-state index in [9.17, 15) is 14.9 Å². The van der Waals surface area contributed by atoms with Gasteiger partial charge in [0.1, 0.15) is 5.54 Å². The Morgan fingerprint density at radius 1 is 1.58 bits per heavy atom. The summed E-state index contributed by atoms with van der Waals surface area (Å²) in [6.45, 7) is 0.626. The molecule has 19 heavy (non-hydrogen) atoms. The van der Waals surface area contributed by atoms with E-state index >= 15 is 0 Å². The summed E-state index contributed by atoms with van der Waals surface area (Å²) < 4.78 is 5.40. The lowest BCUT2D eigenvalue weighted by atomic mass is 9.99. The van der Waals surface area contributed by atoms with Gasteiger partial charge in [-0.1, -0.05) is 0 Å². The number of nitro groups is 1.